The molecule has 152 valence electrons. The molecule has 4 rings (SSSR count). The highest BCUT2D eigenvalue weighted by Crippen LogP contribution is 2.25. The molecule has 2 aromatic carbocycles. The van der Waals surface area contributed by atoms with Crippen LogP contribution in [0.25, 0.3) is 5.78 Å². The van der Waals surface area contributed by atoms with Crippen LogP contribution in [0.5, 0.6) is 0 Å². The Kier molecular flexibility index (Phi) is 5.74. The van der Waals surface area contributed by atoms with Crippen LogP contribution in [0.3, 0.4) is 0 Å². The van der Waals surface area contributed by atoms with Crippen molar-refractivity contribution in [2.45, 2.75) is 31.7 Å². The summed E-state index contributed by atoms with van der Waals surface area (Å²) in [6.07, 6.45) is 0. The van der Waals surface area contributed by atoms with E-state index in [1.54, 1.807) is 16.6 Å². The second-order valence-electron chi connectivity index (χ2n) is 7.00. The van der Waals surface area contributed by atoms with Gasteiger partial charge in [0.15, 0.2) is 0 Å². The molecule has 4 aromatic rings. The summed E-state index contributed by atoms with van der Waals surface area (Å²) in [6.45, 7) is 5.84. The fourth-order valence-electron chi connectivity index (χ4n) is 3.14. The third-order valence-corrected chi connectivity index (χ3v) is 5.79. The zero-order chi connectivity index (χ0) is 21.3. The van der Waals surface area contributed by atoms with Crippen molar-refractivity contribution in [2.75, 3.05) is 5.32 Å². The van der Waals surface area contributed by atoms with Gasteiger partial charge in [-0.2, -0.15) is 4.98 Å². The Morgan fingerprint density at radius 1 is 1.10 bits per heavy atom. The molecule has 0 atom stereocenters. The molecule has 2 heterocycles. The highest BCUT2D eigenvalue weighted by Gasteiger charge is 2.14. The van der Waals surface area contributed by atoms with E-state index >= 15 is 0 Å². The Balaban J connectivity index is 1.54. The van der Waals surface area contributed by atoms with Crippen molar-refractivity contribution in [2.24, 2.45) is 0 Å². The molecule has 8 heteroatoms. The maximum atomic E-state index is 12.9. The zero-order valence-electron chi connectivity index (χ0n) is 16.8. The van der Waals surface area contributed by atoms with E-state index in [4.69, 9.17) is 11.6 Å². The molecule has 2 aromatic heterocycles. The number of benzene rings is 2. The van der Waals surface area contributed by atoms with Crippen molar-refractivity contribution in [1.29, 1.82) is 0 Å². The Morgan fingerprint density at radius 3 is 2.73 bits per heavy atom. The largest absolute Gasteiger partial charge is 0.322 e. The predicted octanol–water partition coefficient (Wildman–Crippen LogP) is 5.25. The van der Waals surface area contributed by atoms with Crippen molar-refractivity contribution < 1.29 is 4.79 Å². The summed E-state index contributed by atoms with van der Waals surface area (Å²) in [6, 6.07) is 14.9. The van der Waals surface area contributed by atoms with E-state index in [2.05, 4.69) is 20.4 Å². The quantitative estimate of drug-likeness (QED) is 0.432. The minimum absolute atomic E-state index is 0.173. The van der Waals surface area contributed by atoms with Gasteiger partial charge in [-0.25, -0.2) is 9.50 Å². The summed E-state index contributed by atoms with van der Waals surface area (Å²) < 4.78 is 1.73. The van der Waals surface area contributed by atoms with Crippen molar-refractivity contribution in [3.63, 3.8) is 0 Å². The van der Waals surface area contributed by atoms with Crippen molar-refractivity contribution in [1.82, 2.24) is 19.6 Å². The Labute approximate surface area is 183 Å². The summed E-state index contributed by atoms with van der Waals surface area (Å²) in [5.74, 6) is 0.970. The van der Waals surface area contributed by atoms with Gasteiger partial charge in [0.25, 0.3) is 11.7 Å². The first-order valence-electron chi connectivity index (χ1n) is 9.40. The standard InChI is InChI=1S/C22H20ClN5OS/c1-13-8-9-17(23)11-19(13)25-20(29)18-7-5-4-6-16(18)12-30-22-26-21-24-14(2)10-15(3)28(21)27-22/h4-11H,12H2,1-3H3,(H,25,29). The number of nitrogens with one attached hydrogen (secondary N) is 1. The molecule has 0 saturated heterocycles. The third kappa shape index (κ3) is 4.32. The monoisotopic (exact) mass is 437 g/mol. The average Bonchev–Trinajstić information content (AvgIpc) is 3.12. The first kappa shape index (κ1) is 20.4. The number of aryl methyl sites for hydroxylation is 3. The van der Waals surface area contributed by atoms with Crippen LogP contribution < -0.4 is 5.32 Å². The fraction of sp³-hybridized carbons (Fsp3) is 0.182. The Bertz CT molecular complexity index is 1250. The molecular weight excluding hydrogens is 418 g/mol. The van der Waals surface area contributed by atoms with Gasteiger partial charge >= 0.3 is 0 Å². The van der Waals surface area contributed by atoms with E-state index in [0.717, 1.165) is 22.5 Å². The highest BCUT2D eigenvalue weighted by atomic mass is 35.5. The second-order valence-corrected chi connectivity index (χ2v) is 8.38. The van der Waals surface area contributed by atoms with Gasteiger partial charge in [0.1, 0.15) is 0 Å². The van der Waals surface area contributed by atoms with Gasteiger partial charge in [0.2, 0.25) is 5.16 Å². The SMILES string of the molecule is Cc1cc(C)n2nc(SCc3ccccc3C(=O)Nc3cc(Cl)ccc3C)nc2n1. The highest BCUT2D eigenvalue weighted by molar-refractivity contribution is 7.98. The second kappa shape index (κ2) is 8.45. The summed E-state index contributed by atoms with van der Waals surface area (Å²) in [5.41, 5.74) is 5.05. The molecular formula is C22H20ClN5OS. The maximum Gasteiger partial charge on any atom is 0.255 e. The molecule has 0 spiro atoms. The van der Waals surface area contributed by atoms with Gasteiger partial charge in [-0.1, -0.05) is 47.6 Å². The number of hydrogen-bond donors (Lipinski definition) is 1. The molecule has 0 fully saturated rings. The molecule has 30 heavy (non-hydrogen) atoms. The molecule has 0 unspecified atom stereocenters. The predicted molar refractivity (Wildman–Crippen MR) is 120 cm³/mol. The Morgan fingerprint density at radius 2 is 1.90 bits per heavy atom. The number of amides is 1. The molecule has 0 bridgehead atoms. The molecule has 0 aliphatic rings. The lowest BCUT2D eigenvalue weighted by Gasteiger charge is -2.11. The smallest absolute Gasteiger partial charge is 0.255 e. The van der Waals surface area contributed by atoms with Crippen LogP contribution in [-0.4, -0.2) is 25.5 Å². The molecule has 1 amide bonds. The molecule has 0 saturated carbocycles. The summed E-state index contributed by atoms with van der Waals surface area (Å²) in [5, 5.41) is 8.69. The number of aromatic nitrogens is 4. The molecule has 0 aliphatic heterocycles. The van der Waals surface area contributed by atoms with Gasteiger partial charge in [0.05, 0.1) is 0 Å². The summed E-state index contributed by atoms with van der Waals surface area (Å²) in [4.78, 5) is 21.8. The number of carbonyl (C=O) groups excluding carboxylic acids is 1. The third-order valence-electron chi connectivity index (χ3n) is 4.67. The van der Waals surface area contributed by atoms with Gasteiger partial charge in [0, 0.05) is 33.4 Å². The van der Waals surface area contributed by atoms with Crippen molar-refractivity contribution in [3.05, 3.63) is 81.6 Å². The van der Waals surface area contributed by atoms with Crippen LogP contribution in [0.4, 0.5) is 5.69 Å². The van der Waals surface area contributed by atoms with Gasteiger partial charge < -0.3 is 5.32 Å². The number of thioether (sulfide) groups is 1. The number of fused-ring (bicyclic) bond motifs is 1. The van der Waals surface area contributed by atoms with Crippen LogP contribution in [0.2, 0.25) is 5.02 Å². The average molecular weight is 438 g/mol. The van der Waals surface area contributed by atoms with E-state index in [0.29, 0.717) is 33.0 Å². The first-order chi connectivity index (χ1) is 14.4. The van der Waals surface area contributed by atoms with E-state index in [-0.39, 0.29) is 5.91 Å². The van der Waals surface area contributed by atoms with Crippen LogP contribution in [0, 0.1) is 20.8 Å². The summed E-state index contributed by atoms with van der Waals surface area (Å²) in [7, 11) is 0. The van der Waals surface area contributed by atoms with E-state index in [1.807, 2.05) is 57.2 Å². The topological polar surface area (TPSA) is 72.2 Å². The van der Waals surface area contributed by atoms with Gasteiger partial charge in [-0.15, -0.1) is 5.10 Å². The first-order valence-corrected chi connectivity index (χ1v) is 10.8. The van der Waals surface area contributed by atoms with Gasteiger partial charge in [-0.3, -0.25) is 4.79 Å². The molecule has 0 radical (unpaired) electrons. The van der Waals surface area contributed by atoms with Crippen LogP contribution in [0.1, 0.15) is 32.9 Å². The van der Waals surface area contributed by atoms with Gasteiger partial charge in [-0.05, 0) is 56.2 Å². The fourth-order valence-corrected chi connectivity index (χ4v) is 4.13. The summed E-state index contributed by atoms with van der Waals surface area (Å²) >= 11 is 7.55. The van der Waals surface area contributed by atoms with Crippen molar-refractivity contribution >= 4 is 40.7 Å². The lowest BCUT2D eigenvalue weighted by Crippen LogP contribution is -2.14. The number of carbonyl (C=O) groups is 1. The number of anilines is 1. The molecule has 0 aliphatic carbocycles. The molecule has 1 N–H and O–H groups in total. The van der Waals surface area contributed by atoms with E-state index in [9.17, 15) is 4.79 Å². The molecule has 6 nitrogen and oxygen atoms in total. The van der Waals surface area contributed by atoms with Crippen molar-refractivity contribution in [3.8, 4) is 0 Å². The Hall–Kier alpha value is -2.90. The number of nitrogens with zero attached hydrogens (tertiary/aromatic N) is 4. The van der Waals surface area contributed by atoms with Crippen LogP contribution in [-0.2, 0) is 5.75 Å². The van der Waals surface area contributed by atoms with Crippen LogP contribution >= 0.6 is 23.4 Å². The zero-order valence-corrected chi connectivity index (χ0v) is 18.4. The number of halogens is 1. The van der Waals surface area contributed by atoms with E-state index < -0.39 is 0 Å². The van der Waals surface area contributed by atoms with E-state index in [1.165, 1.54) is 11.8 Å². The number of rotatable bonds is 5. The minimum atomic E-state index is -0.173. The maximum absolute atomic E-state index is 12.9. The lowest BCUT2D eigenvalue weighted by atomic mass is 10.1. The number of hydrogen-bond acceptors (Lipinski definition) is 5. The minimum Gasteiger partial charge on any atom is -0.322 e. The normalized spacial score (nSPS) is 11.1. The van der Waals surface area contributed by atoms with Crippen LogP contribution in [0.15, 0.2) is 53.7 Å². The lowest BCUT2D eigenvalue weighted by molar-refractivity contribution is 0.102.